The summed E-state index contributed by atoms with van der Waals surface area (Å²) in [6.45, 7) is 5.06. The Bertz CT molecular complexity index is 494. The van der Waals surface area contributed by atoms with Crippen molar-refractivity contribution in [2.24, 2.45) is 5.84 Å². The lowest BCUT2D eigenvalue weighted by Crippen LogP contribution is -2.33. The zero-order valence-corrected chi connectivity index (χ0v) is 12.7. The summed E-state index contributed by atoms with van der Waals surface area (Å²) in [7, 11) is 0. The fourth-order valence-corrected chi connectivity index (χ4v) is 2.62. The van der Waals surface area contributed by atoms with E-state index in [1.165, 1.54) is 0 Å². The zero-order valence-electron chi connectivity index (χ0n) is 12.7. The molecule has 1 amide bonds. The molecule has 1 aromatic heterocycles. The summed E-state index contributed by atoms with van der Waals surface area (Å²) in [5, 5.41) is 10.1. The van der Waals surface area contributed by atoms with Gasteiger partial charge in [-0.2, -0.15) is 0 Å². The van der Waals surface area contributed by atoms with Crippen LogP contribution in [0.25, 0.3) is 0 Å². The summed E-state index contributed by atoms with van der Waals surface area (Å²) in [6.07, 6.45) is 2.88. The molecule has 1 aliphatic heterocycles. The molecule has 116 valence electrons. The molecule has 0 aliphatic carbocycles. The van der Waals surface area contributed by atoms with Gasteiger partial charge in [-0.25, -0.2) is 10.8 Å². The average molecular weight is 292 g/mol. The number of amides is 1. The van der Waals surface area contributed by atoms with Gasteiger partial charge >= 0.3 is 0 Å². The maximum Gasteiger partial charge on any atom is 0.254 e. The highest BCUT2D eigenvalue weighted by atomic mass is 16.3. The number of carbonyl (C=O) groups excluding carboxylic acids is 1. The van der Waals surface area contributed by atoms with E-state index in [1.807, 2.05) is 19.9 Å². The van der Waals surface area contributed by atoms with Crippen molar-refractivity contribution in [3.8, 4) is 0 Å². The molecule has 0 saturated carbocycles. The van der Waals surface area contributed by atoms with E-state index >= 15 is 0 Å². The van der Waals surface area contributed by atoms with Crippen LogP contribution in [-0.2, 0) is 6.42 Å². The third-order valence-corrected chi connectivity index (χ3v) is 3.99. The molecule has 6 heteroatoms. The highest BCUT2D eigenvalue weighted by Crippen LogP contribution is 2.23. The van der Waals surface area contributed by atoms with Crippen LogP contribution in [0, 0.1) is 0 Å². The molecule has 4 N–H and O–H groups in total. The number of rotatable bonds is 3. The Labute approximate surface area is 125 Å². The van der Waals surface area contributed by atoms with Crippen molar-refractivity contribution < 1.29 is 9.90 Å². The van der Waals surface area contributed by atoms with Gasteiger partial charge < -0.3 is 15.4 Å². The van der Waals surface area contributed by atoms with E-state index in [1.54, 1.807) is 11.0 Å². The number of nitrogen functional groups attached to an aromatic ring is 1. The maximum absolute atomic E-state index is 12.6. The fourth-order valence-electron chi connectivity index (χ4n) is 2.62. The Kier molecular flexibility index (Phi) is 4.80. The number of anilines is 1. The Hall–Kier alpha value is -1.66. The maximum atomic E-state index is 12.6. The van der Waals surface area contributed by atoms with Crippen LogP contribution in [-0.4, -0.2) is 39.6 Å². The molecule has 21 heavy (non-hydrogen) atoms. The molecular formula is C15H24N4O2. The van der Waals surface area contributed by atoms with E-state index in [-0.39, 0.29) is 5.91 Å². The fraction of sp³-hybridized carbons (Fsp3) is 0.600. The van der Waals surface area contributed by atoms with E-state index in [0.717, 1.165) is 25.0 Å². The van der Waals surface area contributed by atoms with Crippen molar-refractivity contribution in [2.45, 2.75) is 45.1 Å². The number of nitrogens with zero attached hydrogens (tertiary/aromatic N) is 2. The van der Waals surface area contributed by atoms with Gasteiger partial charge in [-0.15, -0.1) is 0 Å². The normalized spacial score (nSPS) is 22.8. The number of hydrogen-bond acceptors (Lipinski definition) is 5. The second-order valence-corrected chi connectivity index (χ2v) is 5.87. The SMILES string of the molecule is CCc1cc(C(=O)N2CCCC(C)(O)CC2)cc(NN)n1. The van der Waals surface area contributed by atoms with Crippen molar-refractivity contribution in [1.82, 2.24) is 9.88 Å². The van der Waals surface area contributed by atoms with Crippen LogP contribution in [0.4, 0.5) is 5.82 Å². The van der Waals surface area contributed by atoms with Crippen LogP contribution in [0.15, 0.2) is 12.1 Å². The Morgan fingerprint density at radius 1 is 1.48 bits per heavy atom. The Morgan fingerprint density at radius 3 is 2.90 bits per heavy atom. The molecule has 0 bridgehead atoms. The minimum absolute atomic E-state index is 0.0266. The summed E-state index contributed by atoms with van der Waals surface area (Å²) >= 11 is 0. The first-order valence-corrected chi connectivity index (χ1v) is 7.44. The van der Waals surface area contributed by atoms with Crippen LogP contribution in [0.5, 0.6) is 0 Å². The van der Waals surface area contributed by atoms with Crippen LogP contribution >= 0.6 is 0 Å². The number of hydrazine groups is 1. The average Bonchev–Trinajstić information content (AvgIpc) is 2.66. The van der Waals surface area contributed by atoms with Crippen molar-refractivity contribution >= 4 is 11.7 Å². The minimum Gasteiger partial charge on any atom is -0.390 e. The molecule has 2 rings (SSSR count). The number of aryl methyl sites for hydroxylation is 1. The number of hydrogen-bond donors (Lipinski definition) is 3. The van der Waals surface area contributed by atoms with Gasteiger partial charge in [0.15, 0.2) is 0 Å². The molecule has 2 heterocycles. The molecule has 1 fully saturated rings. The number of carbonyl (C=O) groups is 1. The second kappa shape index (κ2) is 6.41. The Morgan fingerprint density at radius 2 is 2.24 bits per heavy atom. The number of aliphatic hydroxyl groups is 1. The molecule has 1 aliphatic rings. The summed E-state index contributed by atoms with van der Waals surface area (Å²) in [6, 6.07) is 3.48. The molecule has 0 radical (unpaired) electrons. The predicted octanol–water partition coefficient (Wildman–Crippen LogP) is 1.31. The first-order valence-electron chi connectivity index (χ1n) is 7.44. The van der Waals surface area contributed by atoms with E-state index in [0.29, 0.717) is 30.9 Å². The lowest BCUT2D eigenvalue weighted by molar-refractivity contribution is 0.0438. The number of nitrogens with two attached hydrogens (primary N) is 1. The van der Waals surface area contributed by atoms with Crippen LogP contribution in [0.2, 0.25) is 0 Å². The highest BCUT2D eigenvalue weighted by molar-refractivity contribution is 5.95. The lowest BCUT2D eigenvalue weighted by atomic mass is 9.98. The van der Waals surface area contributed by atoms with Crippen molar-refractivity contribution in [1.29, 1.82) is 0 Å². The van der Waals surface area contributed by atoms with E-state index in [4.69, 9.17) is 5.84 Å². The standard InChI is InChI=1S/C15H24N4O2/c1-3-12-9-11(10-13(17-12)18-16)14(20)19-7-4-5-15(2,21)6-8-19/h9-10,21H,3-8,16H2,1-2H3,(H,17,18). The molecule has 0 aromatic carbocycles. The number of likely N-dealkylation sites (tertiary alicyclic amines) is 1. The molecule has 1 unspecified atom stereocenters. The van der Waals surface area contributed by atoms with Crippen LogP contribution < -0.4 is 11.3 Å². The quantitative estimate of drug-likeness (QED) is 0.577. The van der Waals surface area contributed by atoms with Crippen molar-refractivity contribution in [2.75, 3.05) is 18.5 Å². The predicted molar refractivity (Wildman–Crippen MR) is 81.8 cm³/mol. The van der Waals surface area contributed by atoms with Gasteiger partial charge in [0, 0.05) is 24.3 Å². The molecule has 6 nitrogen and oxygen atoms in total. The zero-order chi connectivity index (χ0) is 15.5. The van der Waals surface area contributed by atoms with Crippen LogP contribution in [0.1, 0.15) is 49.2 Å². The number of aromatic nitrogens is 1. The Balaban J connectivity index is 2.19. The third kappa shape index (κ3) is 3.92. The van der Waals surface area contributed by atoms with Gasteiger partial charge in [-0.1, -0.05) is 6.92 Å². The van der Waals surface area contributed by atoms with Crippen molar-refractivity contribution in [3.05, 3.63) is 23.4 Å². The smallest absolute Gasteiger partial charge is 0.254 e. The number of nitrogens with one attached hydrogen (secondary N) is 1. The molecular weight excluding hydrogens is 268 g/mol. The van der Waals surface area contributed by atoms with E-state index < -0.39 is 5.60 Å². The van der Waals surface area contributed by atoms with Crippen LogP contribution in [0.3, 0.4) is 0 Å². The van der Waals surface area contributed by atoms with Gasteiger partial charge in [0.25, 0.3) is 5.91 Å². The third-order valence-electron chi connectivity index (χ3n) is 3.99. The van der Waals surface area contributed by atoms with E-state index in [9.17, 15) is 9.90 Å². The summed E-state index contributed by atoms with van der Waals surface area (Å²) in [5.41, 5.74) is 3.25. The summed E-state index contributed by atoms with van der Waals surface area (Å²) in [4.78, 5) is 18.7. The van der Waals surface area contributed by atoms with Gasteiger partial charge in [-0.3, -0.25) is 4.79 Å². The lowest BCUT2D eigenvalue weighted by Gasteiger charge is -2.23. The largest absolute Gasteiger partial charge is 0.390 e. The molecule has 1 saturated heterocycles. The van der Waals surface area contributed by atoms with Gasteiger partial charge in [0.1, 0.15) is 5.82 Å². The number of pyridine rings is 1. The van der Waals surface area contributed by atoms with Gasteiger partial charge in [0.05, 0.1) is 5.60 Å². The topological polar surface area (TPSA) is 91.5 Å². The molecule has 1 atom stereocenters. The highest BCUT2D eigenvalue weighted by Gasteiger charge is 2.27. The summed E-state index contributed by atoms with van der Waals surface area (Å²) in [5.74, 6) is 5.88. The minimum atomic E-state index is -0.675. The molecule has 0 spiro atoms. The van der Waals surface area contributed by atoms with E-state index in [2.05, 4.69) is 10.4 Å². The first kappa shape index (κ1) is 15.7. The van der Waals surface area contributed by atoms with Gasteiger partial charge in [0.2, 0.25) is 0 Å². The second-order valence-electron chi connectivity index (χ2n) is 5.87. The monoisotopic (exact) mass is 292 g/mol. The van der Waals surface area contributed by atoms with Gasteiger partial charge in [-0.05, 0) is 44.7 Å². The first-order chi connectivity index (χ1) is 9.95. The molecule has 1 aromatic rings. The van der Waals surface area contributed by atoms with Crippen molar-refractivity contribution in [3.63, 3.8) is 0 Å². The summed E-state index contributed by atoms with van der Waals surface area (Å²) < 4.78 is 0.